The fraction of sp³-hybridized carbons (Fsp3) is 0.222. The number of nitrogens with zero attached hydrogens (tertiary/aromatic N) is 1. The number of carbonyl (C=O) groups excluding carboxylic acids is 1. The van der Waals surface area contributed by atoms with E-state index >= 15 is 0 Å². The van der Waals surface area contributed by atoms with Crippen molar-refractivity contribution in [1.82, 2.24) is 10.6 Å². The number of nitrogens with one attached hydrogen (secondary N) is 1. The first kappa shape index (κ1) is 7.16. The molecule has 1 saturated heterocycles. The fourth-order valence-corrected chi connectivity index (χ4v) is 1.29. The molecule has 1 N–H and O–H groups in total. The van der Waals surface area contributed by atoms with Crippen LogP contribution in [0.5, 0.6) is 0 Å². The molecule has 2 rings (SSSR count). The quantitative estimate of drug-likeness (QED) is 0.657. The highest BCUT2D eigenvalue weighted by Gasteiger charge is 2.22. The number of urea groups is 1. The molecule has 1 fully saturated rings. The van der Waals surface area contributed by atoms with Crippen LogP contribution in [0, 0.1) is 0 Å². The molecule has 1 aromatic rings. The molecule has 1 unspecified atom stereocenters. The summed E-state index contributed by atoms with van der Waals surface area (Å²) in [6.07, 6.45) is 0. The number of rotatable bonds is 1. The summed E-state index contributed by atoms with van der Waals surface area (Å²) in [5, 5.41) is 6.51. The molecule has 0 bridgehead atoms. The Morgan fingerprint density at radius 2 is 2.08 bits per heavy atom. The smallest absolute Gasteiger partial charge is 0.328 e. The second kappa shape index (κ2) is 2.85. The summed E-state index contributed by atoms with van der Waals surface area (Å²) in [4.78, 5) is 10.7. The highest BCUT2D eigenvalue weighted by Crippen LogP contribution is 2.14. The molecule has 12 heavy (non-hydrogen) atoms. The van der Waals surface area contributed by atoms with Crippen molar-refractivity contribution in [3.8, 4) is 0 Å². The molecule has 0 aromatic heterocycles. The molecule has 1 atom stereocenters. The molecule has 1 heterocycles. The SMILES string of the molecule is O=C1[N]CC(c2ccccc2)N1. The van der Waals surface area contributed by atoms with Crippen LogP contribution in [-0.2, 0) is 0 Å². The van der Waals surface area contributed by atoms with Crippen LogP contribution in [0.2, 0.25) is 0 Å². The van der Waals surface area contributed by atoms with Gasteiger partial charge in [0.15, 0.2) is 0 Å². The largest absolute Gasteiger partial charge is 0.336 e. The summed E-state index contributed by atoms with van der Waals surface area (Å²) in [6.45, 7) is 0.558. The summed E-state index contributed by atoms with van der Waals surface area (Å²) in [6, 6.07) is 9.73. The molecular weight excluding hydrogens is 152 g/mol. The lowest BCUT2D eigenvalue weighted by Crippen LogP contribution is -2.19. The highest BCUT2D eigenvalue weighted by atomic mass is 16.2. The van der Waals surface area contributed by atoms with Gasteiger partial charge in [0.05, 0.1) is 12.6 Å². The molecule has 3 nitrogen and oxygen atoms in total. The van der Waals surface area contributed by atoms with E-state index in [0.717, 1.165) is 5.56 Å². The zero-order chi connectivity index (χ0) is 8.39. The topological polar surface area (TPSA) is 43.2 Å². The minimum Gasteiger partial charge on any atom is -0.328 e. The van der Waals surface area contributed by atoms with E-state index in [1.807, 2.05) is 30.3 Å². The summed E-state index contributed by atoms with van der Waals surface area (Å²) in [5.74, 6) is 0. The maximum Gasteiger partial charge on any atom is 0.336 e. The molecule has 1 radical (unpaired) electrons. The van der Waals surface area contributed by atoms with Crippen molar-refractivity contribution in [1.29, 1.82) is 0 Å². The van der Waals surface area contributed by atoms with E-state index in [2.05, 4.69) is 10.6 Å². The van der Waals surface area contributed by atoms with Gasteiger partial charge in [-0.2, -0.15) is 0 Å². The lowest BCUT2D eigenvalue weighted by Gasteiger charge is -2.06. The van der Waals surface area contributed by atoms with Crippen LogP contribution < -0.4 is 10.6 Å². The van der Waals surface area contributed by atoms with Crippen molar-refractivity contribution in [3.05, 3.63) is 35.9 Å². The van der Waals surface area contributed by atoms with Crippen LogP contribution in [0.4, 0.5) is 4.79 Å². The third kappa shape index (κ3) is 1.25. The zero-order valence-corrected chi connectivity index (χ0v) is 6.53. The average molecular weight is 161 g/mol. The van der Waals surface area contributed by atoms with Gasteiger partial charge in [0.2, 0.25) is 0 Å². The van der Waals surface area contributed by atoms with Crippen molar-refractivity contribution in [2.24, 2.45) is 0 Å². The van der Waals surface area contributed by atoms with Gasteiger partial charge in [0.1, 0.15) is 0 Å². The summed E-state index contributed by atoms with van der Waals surface area (Å²) in [5.41, 5.74) is 1.12. The maximum atomic E-state index is 10.7. The monoisotopic (exact) mass is 161 g/mol. The minimum atomic E-state index is -0.205. The Bertz CT molecular complexity index is 284. The normalized spacial score (nSPS) is 21.7. The Kier molecular flexibility index (Phi) is 1.70. The molecule has 1 aliphatic rings. The predicted molar refractivity (Wildman–Crippen MR) is 44.7 cm³/mol. The van der Waals surface area contributed by atoms with E-state index < -0.39 is 0 Å². The minimum absolute atomic E-state index is 0.0821. The van der Waals surface area contributed by atoms with E-state index in [9.17, 15) is 4.79 Å². The maximum absolute atomic E-state index is 10.7. The lowest BCUT2D eigenvalue weighted by atomic mass is 10.1. The van der Waals surface area contributed by atoms with Gasteiger partial charge in [-0.1, -0.05) is 30.3 Å². The second-order valence-corrected chi connectivity index (χ2v) is 2.75. The second-order valence-electron chi connectivity index (χ2n) is 2.75. The third-order valence-electron chi connectivity index (χ3n) is 1.92. The number of benzene rings is 1. The van der Waals surface area contributed by atoms with Gasteiger partial charge >= 0.3 is 6.03 Å². The first-order valence-corrected chi connectivity index (χ1v) is 3.89. The van der Waals surface area contributed by atoms with Crippen LogP contribution in [0.15, 0.2) is 30.3 Å². The Labute approximate surface area is 70.8 Å². The van der Waals surface area contributed by atoms with E-state index in [0.29, 0.717) is 6.54 Å². The highest BCUT2D eigenvalue weighted by molar-refractivity contribution is 5.76. The van der Waals surface area contributed by atoms with Gasteiger partial charge in [-0.05, 0) is 5.56 Å². The van der Waals surface area contributed by atoms with Crippen LogP contribution in [0.1, 0.15) is 11.6 Å². The predicted octanol–water partition coefficient (Wildman–Crippen LogP) is 1.06. The van der Waals surface area contributed by atoms with Gasteiger partial charge in [0, 0.05) is 0 Å². The van der Waals surface area contributed by atoms with Gasteiger partial charge in [0.25, 0.3) is 0 Å². The van der Waals surface area contributed by atoms with Crippen LogP contribution in [0.25, 0.3) is 0 Å². The van der Waals surface area contributed by atoms with Crippen LogP contribution >= 0.6 is 0 Å². The van der Waals surface area contributed by atoms with Gasteiger partial charge in [-0.3, -0.25) is 0 Å². The standard InChI is InChI=1S/C9H9N2O/c12-9-10-6-8(11-9)7-4-2-1-3-5-7/h1-5,8H,6H2,(H,11,12). The van der Waals surface area contributed by atoms with Crippen molar-refractivity contribution in [2.75, 3.05) is 6.54 Å². The Balaban J connectivity index is 2.16. The Hall–Kier alpha value is -1.51. The molecule has 61 valence electrons. The molecule has 0 aliphatic carbocycles. The first-order chi connectivity index (χ1) is 5.86. The molecule has 0 saturated carbocycles. The lowest BCUT2D eigenvalue weighted by molar-refractivity contribution is 0.247. The number of hydrogen-bond acceptors (Lipinski definition) is 1. The molecule has 3 heteroatoms. The number of amides is 2. The van der Waals surface area contributed by atoms with Gasteiger partial charge in [-0.25, -0.2) is 10.1 Å². The average Bonchev–Trinajstić information content (AvgIpc) is 2.54. The van der Waals surface area contributed by atoms with E-state index in [1.165, 1.54) is 0 Å². The number of carbonyl (C=O) groups is 1. The summed E-state index contributed by atoms with van der Waals surface area (Å²) >= 11 is 0. The van der Waals surface area contributed by atoms with Gasteiger partial charge < -0.3 is 5.32 Å². The van der Waals surface area contributed by atoms with E-state index in [1.54, 1.807) is 0 Å². The van der Waals surface area contributed by atoms with E-state index in [-0.39, 0.29) is 12.1 Å². The number of hydrogen-bond donors (Lipinski definition) is 1. The molecule has 2 amide bonds. The summed E-state index contributed by atoms with van der Waals surface area (Å²) in [7, 11) is 0. The van der Waals surface area contributed by atoms with Crippen LogP contribution in [0.3, 0.4) is 0 Å². The van der Waals surface area contributed by atoms with Crippen molar-refractivity contribution >= 4 is 6.03 Å². The van der Waals surface area contributed by atoms with Gasteiger partial charge in [-0.15, -0.1) is 0 Å². The molecule has 1 aliphatic heterocycles. The first-order valence-electron chi connectivity index (χ1n) is 3.89. The van der Waals surface area contributed by atoms with E-state index in [4.69, 9.17) is 0 Å². The summed E-state index contributed by atoms with van der Waals surface area (Å²) < 4.78 is 0. The van der Waals surface area contributed by atoms with Crippen molar-refractivity contribution in [3.63, 3.8) is 0 Å². The molecular formula is C9H9N2O. The Morgan fingerprint density at radius 1 is 1.33 bits per heavy atom. The zero-order valence-electron chi connectivity index (χ0n) is 6.53. The third-order valence-corrected chi connectivity index (χ3v) is 1.92. The molecule has 0 spiro atoms. The van der Waals surface area contributed by atoms with Crippen molar-refractivity contribution in [2.45, 2.75) is 6.04 Å². The van der Waals surface area contributed by atoms with Crippen LogP contribution in [-0.4, -0.2) is 12.6 Å². The molecule has 1 aromatic carbocycles. The Morgan fingerprint density at radius 3 is 2.67 bits per heavy atom. The fourth-order valence-electron chi connectivity index (χ4n) is 1.29. The van der Waals surface area contributed by atoms with Crippen molar-refractivity contribution < 1.29 is 4.79 Å².